The fourth-order valence-corrected chi connectivity index (χ4v) is 3.92. The van der Waals surface area contributed by atoms with Crippen molar-refractivity contribution in [2.45, 2.75) is 67.2 Å². The monoisotopic (exact) mass is 367 g/mol. The molecule has 0 aromatic carbocycles. The third-order valence-corrected chi connectivity index (χ3v) is 5.37. The number of ether oxygens (including phenoxy) is 2. The number of aliphatic hydroxyl groups is 8. The van der Waals surface area contributed by atoms with Gasteiger partial charge in [-0.3, -0.25) is 4.90 Å². The van der Waals surface area contributed by atoms with Crippen LogP contribution in [0.1, 0.15) is 0 Å². The molecule has 0 radical (unpaired) electrons. The van der Waals surface area contributed by atoms with Crippen molar-refractivity contribution < 1.29 is 50.3 Å². The van der Waals surface area contributed by atoms with E-state index in [1.54, 1.807) is 0 Å². The highest BCUT2D eigenvalue weighted by Gasteiger charge is 2.58. The highest BCUT2D eigenvalue weighted by atomic mass is 16.7. The molecule has 0 aliphatic carbocycles. The van der Waals surface area contributed by atoms with Crippen LogP contribution in [0.4, 0.5) is 0 Å². The SMILES string of the molecule is OCC1OC(O[C@H]2CN3[C@@H]([C@H](O)[C@H](O)[C@H]3CO)[C@@H]2O)C(O)C(O)[C@H]1O. The smallest absolute Gasteiger partial charge is 0.187 e. The van der Waals surface area contributed by atoms with Crippen molar-refractivity contribution in [1.29, 1.82) is 0 Å². The first kappa shape index (κ1) is 19.3. The third kappa shape index (κ3) is 3.09. The summed E-state index contributed by atoms with van der Waals surface area (Å²) in [6, 6.07) is -1.62. The van der Waals surface area contributed by atoms with Crippen LogP contribution < -0.4 is 0 Å². The van der Waals surface area contributed by atoms with Gasteiger partial charge < -0.3 is 50.3 Å². The van der Waals surface area contributed by atoms with Crippen molar-refractivity contribution in [2.24, 2.45) is 0 Å². The lowest BCUT2D eigenvalue weighted by molar-refractivity contribution is -0.314. The first-order valence-corrected chi connectivity index (χ1v) is 8.18. The summed E-state index contributed by atoms with van der Waals surface area (Å²) in [5.74, 6) is 0. The van der Waals surface area contributed by atoms with Gasteiger partial charge >= 0.3 is 0 Å². The van der Waals surface area contributed by atoms with Crippen LogP contribution >= 0.6 is 0 Å². The Kier molecular flexibility index (Phi) is 5.63. The molecule has 0 bridgehead atoms. The van der Waals surface area contributed by atoms with E-state index in [0.717, 1.165) is 0 Å². The first-order valence-electron chi connectivity index (χ1n) is 8.18. The molecule has 3 rings (SSSR count). The van der Waals surface area contributed by atoms with Gasteiger partial charge in [-0.05, 0) is 0 Å². The van der Waals surface area contributed by atoms with Crippen LogP contribution in [0.3, 0.4) is 0 Å². The van der Waals surface area contributed by atoms with E-state index in [1.807, 2.05) is 0 Å². The van der Waals surface area contributed by atoms with Crippen LogP contribution in [-0.2, 0) is 9.47 Å². The Labute approximate surface area is 143 Å². The minimum absolute atomic E-state index is 0.0419. The zero-order valence-corrected chi connectivity index (χ0v) is 13.3. The van der Waals surface area contributed by atoms with E-state index in [4.69, 9.17) is 9.47 Å². The minimum Gasteiger partial charge on any atom is -0.395 e. The van der Waals surface area contributed by atoms with E-state index in [0.29, 0.717) is 0 Å². The summed E-state index contributed by atoms with van der Waals surface area (Å²) in [5.41, 5.74) is 0. The lowest BCUT2D eigenvalue weighted by Gasteiger charge is -2.40. The Morgan fingerprint density at radius 3 is 2.08 bits per heavy atom. The Bertz CT molecular complexity index is 467. The molecular weight excluding hydrogens is 342 g/mol. The predicted molar refractivity (Wildman–Crippen MR) is 78.0 cm³/mol. The van der Waals surface area contributed by atoms with E-state index in [2.05, 4.69) is 0 Å². The number of hydrogen-bond acceptors (Lipinski definition) is 11. The summed E-state index contributed by atoms with van der Waals surface area (Å²) in [7, 11) is 0. The highest BCUT2D eigenvalue weighted by Crippen LogP contribution is 2.36. The molecule has 0 aromatic rings. The van der Waals surface area contributed by atoms with E-state index in [-0.39, 0.29) is 6.54 Å². The Morgan fingerprint density at radius 2 is 1.48 bits per heavy atom. The van der Waals surface area contributed by atoms with E-state index in [1.165, 1.54) is 4.90 Å². The number of hydrogen-bond donors (Lipinski definition) is 8. The van der Waals surface area contributed by atoms with Gasteiger partial charge in [0.25, 0.3) is 0 Å². The van der Waals surface area contributed by atoms with Crippen molar-refractivity contribution in [3.8, 4) is 0 Å². The molecule has 146 valence electrons. The van der Waals surface area contributed by atoms with Gasteiger partial charge in [0, 0.05) is 6.54 Å². The number of fused-ring (bicyclic) bond motifs is 1. The Hall–Kier alpha value is -0.440. The third-order valence-electron chi connectivity index (χ3n) is 5.37. The second-order valence-electron chi connectivity index (χ2n) is 6.78. The van der Waals surface area contributed by atoms with Crippen LogP contribution in [-0.4, -0.2) is 133 Å². The fourth-order valence-electron chi connectivity index (χ4n) is 3.92. The largest absolute Gasteiger partial charge is 0.395 e. The van der Waals surface area contributed by atoms with Gasteiger partial charge in [0.05, 0.1) is 43.6 Å². The number of rotatable bonds is 4. The molecule has 3 aliphatic rings. The quantitative estimate of drug-likeness (QED) is 0.237. The van der Waals surface area contributed by atoms with E-state index < -0.39 is 80.4 Å². The Balaban J connectivity index is 1.70. The molecule has 0 spiro atoms. The van der Waals surface area contributed by atoms with Crippen LogP contribution in [0.2, 0.25) is 0 Å². The maximum Gasteiger partial charge on any atom is 0.187 e. The summed E-state index contributed by atoms with van der Waals surface area (Å²) in [4.78, 5) is 1.52. The van der Waals surface area contributed by atoms with Gasteiger partial charge in [-0.1, -0.05) is 0 Å². The average Bonchev–Trinajstić information content (AvgIpc) is 3.03. The van der Waals surface area contributed by atoms with Gasteiger partial charge in [0.15, 0.2) is 6.29 Å². The molecular formula is C14H25NO10. The maximum absolute atomic E-state index is 10.4. The van der Waals surface area contributed by atoms with Gasteiger partial charge in [-0.15, -0.1) is 0 Å². The molecule has 3 heterocycles. The first-order chi connectivity index (χ1) is 11.8. The highest BCUT2D eigenvalue weighted by molar-refractivity contribution is 5.10. The summed E-state index contributed by atoms with van der Waals surface area (Å²) in [6.45, 7) is -0.987. The van der Waals surface area contributed by atoms with Gasteiger partial charge in [0.2, 0.25) is 0 Å². The molecule has 0 amide bonds. The zero-order chi connectivity index (χ0) is 18.5. The molecule has 11 heteroatoms. The second kappa shape index (κ2) is 7.29. The lowest BCUT2D eigenvalue weighted by atomic mass is 9.99. The van der Waals surface area contributed by atoms with Crippen LogP contribution in [0.25, 0.3) is 0 Å². The maximum atomic E-state index is 10.4. The van der Waals surface area contributed by atoms with Gasteiger partial charge in [0.1, 0.15) is 30.5 Å². The molecule has 11 atom stereocenters. The van der Waals surface area contributed by atoms with Crippen molar-refractivity contribution in [2.75, 3.05) is 19.8 Å². The van der Waals surface area contributed by atoms with Crippen LogP contribution in [0.5, 0.6) is 0 Å². The minimum atomic E-state index is -1.61. The molecule has 0 saturated carbocycles. The van der Waals surface area contributed by atoms with E-state index >= 15 is 0 Å². The van der Waals surface area contributed by atoms with Gasteiger partial charge in [-0.25, -0.2) is 0 Å². The number of nitrogens with zero attached hydrogens (tertiary/aromatic N) is 1. The average molecular weight is 367 g/mol. The predicted octanol–water partition coefficient (Wildman–Crippen LogP) is -5.69. The molecule has 0 aromatic heterocycles. The van der Waals surface area contributed by atoms with Crippen LogP contribution in [0.15, 0.2) is 0 Å². The normalized spacial score (nSPS) is 54.0. The van der Waals surface area contributed by atoms with Crippen LogP contribution in [0, 0.1) is 0 Å². The molecule has 8 N–H and O–H groups in total. The molecule has 3 fully saturated rings. The molecule has 4 unspecified atom stereocenters. The van der Waals surface area contributed by atoms with Gasteiger partial charge in [-0.2, -0.15) is 0 Å². The molecule has 3 saturated heterocycles. The summed E-state index contributed by atoms with van der Waals surface area (Å²) in [5, 5.41) is 78.5. The summed E-state index contributed by atoms with van der Waals surface area (Å²) in [6.07, 6.45) is -12.0. The van der Waals surface area contributed by atoms with Crippen molar-refractivity contribution >= 4 is 0 Å². The lowest BCUT2D eigenvalue weighted by Crippen LogP contribution is -2.60. The number of aliphatic hydroxyl groups excluding tert-OH is 8. The summed E-state index contributed by atoms with van der Waals surface area (Å²) < 4.78 is 10.8. The van der Waals surface area contributed by atoms with Crippen molar-refractivity contribution in [3.63, 3.8) is 0 Å². The topological polar surface area (TPSA) is 184 Å². The molecule has 3 aliphatic heterocycles. The van der Waals surface area contributed by atoms with Crippen molar-refractivity contribution in [3.05, 3.63) is 0 Å². The zero-order valence-electron chi connectivity index (χ0n) is 13.3. The molecule has 25 heavy (non-hydrogen) atoms. The summed E-state index contributed by atoms with van der Waals surface area (Å²) >= 11 is 0. The molecule has 11 nitrogen and oxygen atoms in total. The fraction of sp³-hybridized carbons (Fsp3) is 1.00. The standard InChI is InChI=1S/C14H25NO10/c16-2-4-8(18)11(21)7-9(19)5(1-15(4)7)24-14-13(23)12(22)10(20)6(3-17)25-14/h4-14,16-23H,1-3H2/t4-,5+,6?,7-,8-,9-,10+,11+,12?,13?,14?/m1/s1. The Morgan fingerprint density at radius 1 is 0.800 bits per heavy atom. The second-order valence-corrected chi connectivity index (χ2v) is 6.78. The van der Waals surface area contributed by atoms with Crippen molar-refractivity contribution in [1.82, 2.24) is 4.90 Å². The van der Waals surface area contributed by atoms with E-state index in [9.17, 15) is 40.9 Å².